The van der Waals surface area contributed by atoms with Crippen molar-refractivity contribution in [3.05, 3.63) is 46.5 Å². The highest BCUT2D eigenvalue weighted by molar-refractivity contribution is 7.15. The fourth-order valence-corrected chi connectivity index (χ4v) is 3.66. The number of ether oxygens (including phenoxy) is 1. The molecule has 122 valence electrons. The number of nitrogens with zero attached hydrogens (tertiary/aromatic N) is 2. The Morgan fingerprint density at radius 1 is 1.26 bits per heavy atom. The van der Waals surface area contributed by atoms with Crippen molar-refractivity contribution in [3.8, 4) is 5.75 Å². The molecule has 0 unspecified atom stereocenters. The van der Waals surface area contributed by atoms with Crippen molar-refractivity contribution in [1.82, 2.24) is 9.88 Å². The number of anilines is 1. The van der Waals surface area contributed by atoms with Gasteiger partial charge in [0.05, 0.1) is 12.3 Å². The maximum absolute atomic E-state index is 5.79. The van der Waals surface area contributed by atoms with E-state index in [1.165, 1.54) is 16.1 Å². The zero-order chi connectivity index (χ0) is 16.1. The van der Waals surface area contributed by atoms with Crippen molar-refractivity contribution in [1.29, 1.82) is 0 Å². The summed E-state index contributed by atoms with van der Waals surface area (Å²) in [6.45, 7) is 5.79. The van der Waals surface area contributed by atoms with Crippen molar-refractivity contribution in [2.45, 2.75) is 19.8 Å². The van der Waals surface area contributed by atoms with Gasteiger partial charge in [-0.2, -0.15) is 0 Å². The van der Waals surface area contributed by atoms with Crippen LogP contribution in [0.25, 0.3) is 6.08 Å². The van der Waals surface area contributed by atoms with E-state index >= 15 is 0 Å². The Hall–Kier alpha value is -1.85. The standard InChI is InChI=1S/C18H23N3OS/c1-2-22-15-7-5-14(6-8-15)4-3-11-21-12-9-16-17(10-13-21)23-18(19)20-16/h3-8H,2,9-13H2,1H3,(H2,19,20). The molecule has 1 aromatic heterocycles. The highest BCUT2D eigenvalue weighted by Gasteiger charge is 2.16. The van der Waals surface area contributed by atoms with Gasteiger partial charge in [-0.15, -0.1) is 11.3 Å². The summed E-state index contributed by atoms with van der Waals surface area (Å²) in [7, 11) is 0. The monoisotopic (exact) mass is 329 g/mol. The smallest absolute Gasteiger partial charge is 0.180 e. The number of hydrogen-bond acceptors (Lipinski definition) is 5. The first-order valence-corrected chi connectivity index (χ1v) is 8.92. The number of nitrogens with two attached hydrogens (primary N) is 1. The average Bonchev–Trinajstić information content (AvgIpc) is 2.81. The summed E-state index contributed by atoms with van der Waals surface area (Å²) < 4.78 is 5.46. The van der Waals surface area contributed by atoms with E-state index in [2.05, 4.69) is 34.2 Å². The summed E-state index contributed by atoms with van der Waals surface area (Å²) in [6, 6.07) is 8.22. The molecule has 2 heterocycles. The van der Waals surface area contributed by atoms with Crippen molar-refractivity contribution < 1.29 is 4.74 Å². The summed E-state index contributed by atoms with van der Waals surface area (Å²) >= 11 is 1.64. The van der Waals surface area contributed by atoms with E-state index < -0.39 is 0 Å². The van der Waals surface area contributed by atoms with E-state index in [4.69, 9.17) is 10.5 Å². The van der Waals surface area contributed by atoms with E-state index in [1.807, 2.05) is 19.1 Å². The van der Waals surface area contributed by atoms with Gasteiger partial charge in [-0.25, -0.2) is 4.98 Å². The second-order valence-electron chi connectivity index (χ2n) is 5.63. The number of hydrogen-bond donors (Lipinski definition) is 1. The Morgan fingerprint density at radius 2 is 2.04 bits per heavy atom. The summed E-state index contributed by atoms with van der Waals surface area (Å²) in [5, 5.41) is 0.707. The van der Waals surface area contributed by atoms with E-state index in [0.717, 1.165) is 38.2 Å². The van der Waals surface area contributed by atoms with Crippen LogP contribution in [0, 0.1) is 0 Å². The SMILES string of the molecule is CCOc1ccc(C=CCN2CCc3nc(N)sc3CC2)cc1. The molecule has 0 spiro atoms. The van der Waals surface area contributed by atoms with Gasteiger partial charge in [-0.1, -0.05) is 24.3 Å². The van der Waals surface area contributed by atoms with Gasteiger partial charge in [0.15, 0.2) is 5.13 Å². The minimum Gasteiger partial charge on any atom is -0.494 e. The van der Waals surface area contributed by atoms with Crippen LogP contribution in [0.1, 0.15) is 23.1 Å². The molecule has 3 rings (SSSR count). The molecule has 2 aromatic rings. The molecule has 0 bridgehead atoms. The largest absolute Gasteiger partial charge is 0.494 e. The highest BCUT2D eigenvalue weighted by Crippen LogP contribution is 2.24. The number of aromatic nitrogens is 1. The van der Waals surface area contributed by atoms with E-state index in [0.29, 0.717) is 11.7 Å². The lowest BCUT2D eigenvalue weighted by atomic mass is 10.2. The van der Waals surface area contributed by atoms with Crippen LogP contribution in [0.5, 0.6) is 5.75 Å². The Bertz CT molecular complexity index is 638. The molecule has 1 aliphatic rings. The van der Waals surface area contributed by atoms with Crippen molar-refractivity contribution in [3.63, 3.8) is 0 Å². The fraction of sp³-hybridized carbons (Fsp3) is 0.389. The predicted molar refractivity (Wildman–Crippen MR) is 97.0 cm³/mol. The molecule has 0 radical (unpaired) electrons. The minimum absolute atomic E-state index is 0.705. The molecule has 0 amide bonds. The quantitative estimate of drug-likeness (QED) is 0.915. The van der Waals surface area contributed by atoms with Crippen LogP contribution in [-0.4, -0.2) is 36.1 Å². The van der Waals surface area contributed by atoms with Crippen molar-refractivity contribution in [2.75, 3.05) is 32.0 Å². The molecule has 1 aliphatic heterocycles. The van der Waals surface area contributed by atoms with Crippen LogP contribution < -0.4 is 10.5 Å². The average molecular weight is 329 g/mol. The summed E-state index contributed by atoms with van der Waals surface area (Å²) in [4.78, 5) is 8.27. The molecule has 0 aliphatic carbocycles. The zero-order valence-corrected chi connectivity index (χ0v) is 14.3. The Balaban J connectivity index is 1.51. The molecule has 23 heavy (non-hydrogen) atoms. The zero-order valence-electron chi connectivity index (χ0n) is 13.5. The van der Waals surface area contributed by atoms with E-state index in [-0.39, 0.29) is 0 Å². The molecule has 4 nitrogen and oxygen atoms in total. The molecular formula is C18H23N3OS. The van der Waals surface area contributed by atoms with Crippen LogP contribution in [0.2, 0.25) is 0 Å². The fourth-order valence-electron chi connectivity index (χ4n) is 2.79. The Kier molecular flexibility index (Phi) is 5.31. The lowest BCUT2D eigenvalue weighted by molar-refractivity contribution is 0.318. The molecule has 0 saturated heterocycles. The molecule has 0 saturated carbocycles. The number of thiazole rings is 1. The van der Waals surface area contributed by atoms with E-state index in [1.54, 1.807) is 11.3 Å². The lowest BCUT2D eigenvalue weighted by Gasteiger charge is -2.17. The van der Waals surface area contributed by atoms with Gasteiger partial charge in [0, 0.05) is 30.9 Å². The second-order valence-corrected chi connectivity index (χ2v) is 6.74. The Labute approximate surface area is 141 Å². The molecule has 0 fully saturated rings. The van der Waals surface area contributed by atoms with Gasteiger partial charge in [-0.3, -0.25) is 4.90 Å². The van der Waals surface area contributed by atoms with Crippen molar-refractivity contribution in [2.24, 2.45) is 0 Å². The third kappa shape index (κ3) is 4.33. The van der Waals surface area contributed by atoms with Gasteiger partial charge in [-0.05, 0) is 31.0 Å². The summed E-state index contributed by atoms with van der Waals surface area (Å²) in [5.74, 6) is 0.926. The van der Waals surface area contributed by atoms with Gasteiger partial charge in [0.2, 0.25) is 0 Å². The molecule has 2 N–H and O–H groups in total. The number of rotatable bonds is 5. The van der Waals surface area contributed by atoms with Gasteiger partial charge in [0.1, 0.15) is 5.75 Å². The third-order valence-electron chi connectivity index (χ3n) is 3.98. The molecule has 5 heteroatoms. The first-order chi connectivity index (χ1) is 11.2. The second kappa shape index (κ2) is 7.62. The number of nitrogen functional groups attached to an aromatic ring is 1. The van der Waals surface area contributed by atoms with Gasteiger partial charge < -0.3 is 10.5 Å². The molecule has 0 atom stereocenters. The number of fused-ring (bicyclic) bond motifs is 1. The number of benzene rings is 1. The van der Waals surface area contributed by atoms with Crippen LogP contribution in [-0.2, 0) is 12.8 Å². The molecular weight excluding hydrogens is 306 g/mol. The van der Waals surface area contributed by atoms with Crippen molar-refractivity contribution >= 4 is 22.5 Å². The third-order valence-corrected chi connectivity index (χ3v) is 4.97. The Morgan fingerprint density at radius 3 is 2.83 bits per heavy atom. The van der Waals surface area contributed by atoms with Gasteiger partial charge in [0.25, 0.3) is 0 Å². The minimum atomic E-state index is 0.705. The topological polar surface area (TPSA) is 51.4 Å². The van der Waals surface area contributed by atoms with Crippen LogP contribution >= 0.6 is 11.3 Å². The summed E-state index contributed by atoms with van der Waals surface area (Å²) in [6.07, 6.45) is 6.46. The lowest BCUT2D eigenvalue weighted by Crippen LogP contribution is -2.26. The van der Waals surface area contributed by atoms with Crippen LogP contribution in [0.3, 0.4) is 0 Å². The highest BCUT2D eigenvalue weighted by atomic mass is 32.1. The molecule has 1 aromatic carbocycles. The summed E-state index contributed by atoms with van der Waals surface area (Å²) in [5.41, 5.74) is 8.20. The van der Waals surface area contributed by atoms with Crippen LogP contribution in [0.15, 0.2) is 30.3 Å². The maximum Gasteiger partial charge on any atom is 0.180 e. The van der Waals surface area contributed by atoms with Crippen LogP contribution in [0.4, 0.5) is 5.13 Å². The van der Waals surface area contributed by atoms with E-state index in [9.17, 15) is 0 Å². The van der Waals surface area contributed by atoms with Gasteiger partial charge >= 0.3 is 0 Å². The normalized spacial score (nSPS) is 15.5. The first-order valence-electron chi connectivity index (χ1n) is 8.10. The predicted octanol–water partition coefficient (Wildman–Crippen LogP) is 3.24. The maximum atomic E-state index is 5.79. The first kappa shape index (κ1) is 16.0.